The minimum absolute atomic E-state index is 0.168. The van der Waals surface area contributed by atoms with E-state index in [1.165, 1.54) is 16.9 Å². The number of nitrogens with zero attached hydrogens (tertiary/aromatic N) is 3. The van der Waals surface area contributed by atoms with Crippen LogP contribution in [-0.4, -0.2) is 27.0 Å². The lowest BCUT2D eigenvalue weighted by molar-refractivity contribution is 0.0994. The Morgan fingerprint density at radius 3 is 2.69 bits per heavy atom. The van der Waals surface area contributed by atoms with Gasteiger partial charge in [-0.2, -0.15) is 5.10 Å². The molecule has 6 heteroatoms. The van der Waals surface area contributed by atoms with Crippen LogP contribution >= 0.6 is 0 Å². The molecule has 0 aliphatic carbocycles. The van der Waals surface area contributed by atoms with E-state index < -0.39 is 5.91 Å². The van der Waals surface area contributed by atoms with Gasteiger partial charge in [0.25, 0.3) is 5.91 Å². The maximum absolute atomic E-state index is 10.8. The summed E-state index contributed by atoms with van der Waals surface area (Å²) < 4.78 is 1.41. The molecule has 0 aliphatic heterocycles. The van der Waals surface area contributed by atoms with Gasteiger partial charge in [-0.1, -0.05) is 0 Å². The van der Waals surface area contributed by atoms with Crippen LogP contribution in [0.4, 0.5) is 0 Å². The second-order valence-corrected chi connectivity index (χ2v) is 3.08. The van der Waals surface area contributed by atoms with E-state index in [0.717, 1.165) is 0 Å². The average molecular weight is 216 g/mol. The summed E-state index contributed by atoms with van der Waals surface area (Å²) in [5, 5.41) is 3.93. The zero-order valence-electron chi connectivity index (χ0n) is 8.20. The van der Waals surface area contributed by atoms with Gasteiger partial charge in [-0.25, -0.2) is 9.67 Å². The lowest BCUT2D eigenvalue weighted by Crippen LogP contribution is -2.12. The summed E-state index contributed by atoms with van der Waals surface area (Å²) in [5.41, 5.74) is 5.71. The zero-order chi connectivity index (χ0) is 11.5. The van der Waals surface area contributed by atoms with Crippen molar-refractivity contribution in [2.75, 3.05) is 0 Å². The van der Waals surface area contributed by atoms with Gasteiger partial charge >= 0.3 is 0 Å². The van der Waals surface area contributed by atoms with Crippen molar-refractivity contribution in [3.63, 3.8) is 0 Å². The molecule has 6 nitrogen and oxygen atoms in total. The molecule has 0 unspecified atom stereocenters. The molecule has 0 spiro atoms. The molecule has 16 heavy (non-hydrogen) atoms. The Morgan fingerprint density at radius 1 is 1.38 bits per heavy atom. The molecule has 80 valence electrons. The van der Waals surface area contributed by atoms with Crippen LogP contribution in [0.5, 0.6) is 0 Å². The number of amides is 1. The highest BCUT2D eigenvalue weighted by Crippen LogP contribution is 2.04. The number of aldehydes is 1. The number of carbonyl (C=O) groups is 2. The fourth-order valence-corrected chi connectivity index (χ4v) is 1.19. The maximum Gasteiger partial charge on any atom is 0.269 e. The van der Waals surface area contributed by atoms with Crippen LogP contribution in [0.1, 0.15) is 20.8 Å². The highest BCUT2D eigenvalue weighted by atomic mass is 16.1. The van der Waals surface area contributed by atoms with E-state index in [9.17, 15) is 9.59 Å². The molecule has 0 saturated heterocycles. The van der Waals surface area contributed by atoms with Crippen molar-refractivity contribution < 1.29 is 9.59 Å². The second kappa shape index (κ2) is 3.93. The molecular weight excluding hydrogens is 208 g/mol. The molecular formula is C10H8N4O2. The molecule has 0 atom stereocenters. The topological polar surface area (TPSA) is 90.9 Å². The van der Waals surface area contributed by atoms with Crippen molar-refractivity contribution in [2.24, 2.45) is 5.73 Å². The molecule has 0 aliphatic rings. The fraction of sp³-hybridized carbons (Fsp3) is 0. The lowest BCUT2D eigenvalue weighted by Gasteiger charge is -1.99. The number of aromatic nitrogens is 3. The van der Waals surface area contributed by atoms with E-state index in [2.05, 4.69) is 10.1 Å². The van der Waals surface area contributed by atoms with Crippen LogP contribution in [0, 0.1) is 0 Å². The Hall–Kier alpha value is -2.50. The van der Waals surface area contributed by atoms with Crippen molar-refractivity contribution >= 4 is 12.2 Å². The fourth-order valence-electron chi connectivity index (χ4n) is 1.19. The third-order valence-electron chi connectivity index (χ3n) is 1.98. The van der Waals surface area contributed by atoms with Gasteiger partial charge in [0.2, 0.25) is 0 Å². The number of rotatable bonds is 3. The standard InChI is InChI=1S/C10H8N4O2/c11-10(16)8-3-4-14(13-8)9-2-1-7(6-15)5-12-9/h1-6H,(H2,11,16). The molecule has 2 heterocycles. The summed E-state index contributed by atoms with van der Waals surface area (Å²) >= 11 is 0. The van der Waals surface area contributed by atoms with Crippen LogP contribution in [0.3, 0.4) is 0 Å². The lowest BCUT2D eigenvalue weighted by atomic mass is 10.3. The number of hydrogen-bond acceptors (Lipinski definition) is 4. The maximum atomic E-state index is 10.8. The van der Waals surface area contributed by atoms with Gasteiger partial charge in [0.1, 0.15) is 5.69 Å². The Kier molecular flexibility index (Phi) is 2.47. The van der Waals surface area contributed by atoms with Gasteiger partial charge in [-0.05, 0) is 18.2 Å². The summed E-state index contributed by atoms with van der Waals surface area (Å²) in [7, 11) is 0. The molecule has 0 aromatic carbocycles. The van der Waals surface area contributed by atoms with E-state index in [4.69, 9.17) is 5.73 Å². The van der Waals surface area contributed by atoms with Gasteiger partial charge in [0.05, 0.1) is 0 Å². The number of carbonyl (C=O) groups excluding carboxylic acids is 2. The Morgan fingerprint density at radius 2 is 2.19 bits per heavy atom. The molecule has 2 N–H and O–H groups in total. The first-order chi connectivity index (χ1) is 7.70. The SMILES string of the molecule is NC(=O)c1ccn(-c2ccc(C=O)cn2)n1. The number of primary amides is 1. The first kappa shape index (κ1) is 10.0. The van der Waals surface area contributed by atoms with Crippen LogP contribution in [-0.2, 0) is 0 Å². The molecule has 2 aromatic rings. The Labute approximate surface area is 90.7 Å². The number of nitrogens with two attached hydrogens (primary N) is 1. The second-order valence-electron chi connectivity index (χ2n) is 3.08. The summed E-state index contributed by atoms with van der Waals surface area (Å²) in [5.74, 6) is -0.0821. The van der Waals surface area contributed by atoms with Crippen LogP contribution in [0.25, 0.3) is 5.82 Å². The predicted octanol–water partition coefficient (Wildman–Crippen LogP) is 0.179. The first-order valence-electron chi connectivity index (χ1n) is 4.48. The van der Waals surface area contributed by atoms with E-state index in [0.29, 0.717) is 17.7 Å². The number of pyridine rings is 1. The van der Waals surface area contributed by atoms with Gasteiger partial charge in [0, 0.05) is 18.0 Å². The average Bonchev–Trinajstić information content (AvgIpc) is 2.78. The largest absolute Gasteiger partial charge is 0.364 e. The van der Waals surface area contributed by atoms with Crippen LogP contribution in [0.15, 0.2) is 30.6 Å². The molecule has 2 rings (SSSR count). The van der Waals surface area contributed by atoms with Crippen LogP contribution in [0.2, 0.25) is 0 Å². The van der Waals surface area contributed by atoms with Crippen LogP contribution < -0.4 is 5.73 Å². The van der Waals surface area contributed by atoms with Gasteiger partial charge in [-0.15, -0.1) is 0 Å². The molecule has 0 radical (unpaired) electrons. The Bertz CT molecular complexity index is 530. The normalized spacial score (nSPS) is 10.0. The van der Waals surface area contributed by atoms with E-state index in [1.54, 1.807) is 18.3 Å². The summed E-state index contributed by atoms with van der Waals surface area (Å²) in [6.45, 7) is 0. The summed E-state index contributed by atoms with van der Waals surface area (Å²) in [6.07, 6.45) is 3.70. The molecule has 1 amide bonds. The summed E-state index contributed by atoms with van der Waals surface area (Å²) in [6, 6.07) is 4.74. The smallest absolute Gasteiger partial charge is 0.269 e. The molecule has 2 aromatic heterocycles. The van der Waals surface area contributed by atoms with E-state index in [-0.39, 0.29) is 5.69 Å². The quantitative estimate of drug-likeness (QED) is 0.741. The van der Waals surface area contributed by atoms with Crippen molar-refractivity contribution in [3.8, 4) is 5.82 Å². The monoisotopic (exact) mass is 216 g/mol. The minimum Gasteiger partial charge on any atom is -0.364 e. The molecule has 0 bridgehead atoms. The van der Waals surface area contributed by atoms with Gasteiger partial charge in [0.15, 0.2) is 12.1 Å². The van der Waals surface area contributed by atoms with E-state index >= 15 is 0 Å². The first-order valence-corrected chi connectivity index (χ1v) is 4.48. The van der Waals surface area contributed by atoms with Crippen molar-refractivity contribution in [2.45, 2.75) is 0 Å². The van der Waals surface area contributed by atoms with Crippen molar-refractivity contribution in [3.05, 3.63) is 41.9 Å². The molecule has 0 saturated carbocycles. The Balaban J connectivity index is 2.35. The van der Waals surface area contributed by atoms with Crippen molar-refractivity contribution in [1.82, 2.24) is 14.8 Å². The predicted molar refractivity (Wildman–Crippen MR) is 55.3 cm³/mol. The molecule has 0 fully saturated rings. The number of hydrogen-bond donors (Lipinski definition) is 1. The van der Waals surface area contributed by atoms with Crippen molar-refractivity contribution in [1.29, 1.82) is 0 Å². The van der Waals surface area contributed by atoms with E-state index in [1.807, 2.05) is 0 Å². The minimum atomic E-state index is -0.594. The van der Waals surface area contributed by atoms with Gasteiger partial charge in [-0.3, -0.25) is 9.59 Å². The highest BCUT2D eigenvalue weighted by molar-refractivity contribution is 5.90. The van der Waals surface area contributed by atoms with Gasteiger partial charge < -0.3 is 5.73 Å². The summed E-state index contributed by atoms with van der Waals surface area (Å²) in [4.78, 5) is 25.3. The third-order valence-corrected chi connectivity index (χ3v) is 1.98. The zero-order valence-corrected chi connectivity index (χ0v) is 8.20. The highest BCUT2D eigenvalue weighted by Gasteiger charge is 2.06. The third kappa shape index (κ3) is 1.81.